The van der Waals surface area contributed by atoms with E-state index in [0.717, 1.165) is 18.8 Å². The third-order valence-electron chi connectivity index (χ3n) is 2.92. The van der Waals surface area contributed by atoms with Crippen LogP contribution in [0, 0.1) is 0 Å². The van der Waals surface area contributed by atoms with E-state index in [2.05, 4.69) is 26.8 Å². The van der Waals surface area contributed by atoms with Crippen molar-refractivity contribution in [2.45, 2.75) is 25.9 Å². The summed E-state index contributed by atoms with van der Waals surface area (Å²) in [5.41, 5.74) is 0.697. The lowest BCUT2D eigenvalue weighted by atomic mass is 10.1. The molecule has 96 valence electrons. The van der Waals surface area contributed by atoms with Crippen LogP contribution in [0.5, 0.6) is 0 Å². The van der Waals surface area contributed by atoms with Crippen LogP contribution in [0.1, 0.15) is 30.8 Å². The van der Waals surface area contributed by atoms with Crippen LogP contribution in [0.15, 0.2) is 35.6 Å². The van der Waals surface area contributed by atoms with Gasteiger partial charge in [0.05, 0.1) is 6.04 Å². The molecule has 2 aromatic heterocycles. The number of hydrogen-bond donors (Lipinski definition) is 2. The van der Waals surface area contributed by atoms with Crippen LogP contribution in [0.2, 0.25) is 0 Å². The standard InChI is InChI=1S/C13H18N4O/c1-3-7-17-8-6-16-13(17)12(14-2)10-9-15-5-4-11(10)18/h4-6,8-9,12,14H,3,7H2,1-2H3,(H,15,18). The minimum absolute atomic E-state index is 0.0131. The number of nitrogens with one attached hydrogen (secondary N) is 2. The number of aryl methyl sites for hydroxylation is 1. The summed E-state index contributed by atoms with van der Waals surface area (Å²) in [7, 11) is 1.84. The molecular weight excluding hydrogens is 228 g/mol. The average Bonchev–Trinajstić information content (AvgIpc) is 2.82. The number of hydrogen-bond acceptors (Lipinski definition) is 3. The first kappa shape index (κ1) is 12.6. The maximum absolute atomic E-state index is 11.9. The summed E-state index contributed by atoms with van der Waals surface area (Å²) < 4.78 is 2.08. The molecule has 1 unspecified atom stereocenters. The normalized spacial score (nSPS) is 12.6. The van der Waals surface area contributed by atoms with Crippen molar-refractivity contribution in [3.05, 3.63) is 52.5 Å². The van der Waals surface area contributed by atoms with Crippen LogP contribution in [-0.2, 0) is 6.54 Å². The highest BCUT2D eigenvalue weighted by Gasteiger charge is 2.19. The maximum atomic E-state index is 11.9. The highest BCUT2D eigenvalue weighted by atomic mass is 16.1. The van der Waals surface area contributed by atoms with Crippen molar-refractivity contribution in [1.29, 1.82) is 0 Å². The van der Waals surface area contributed by atoms with E-state index in [-0.39, 0.29) is 11.5 Å². The molecule has 0 spiro atoms. The second-order valence-electron chi connectivity index (χ2n) is 4.16. The largest absolute Gasteiger partial charge is 0.367 e. The Morgan fingerprint density at radius 1 is 1.56 bits per heavy atom. The van der Waals surface area contributed by atoms with Gasteiger partial charge in [-0.2, -0.15) is 0 Å². The van der Waals surface area contributed by atoms with Gasteiger partial charge in [0.2, 0.25) is 0 Å². The second kappa shape index (κ2) is 5.64. The van der Waals surface area contributed by atoms with Gasteiger partial charge in [-0.15, -0.1) is 0 Å². The zero-order valence-corrected chi connectivity index (χ0v) is 10.7. The first-order valence-corrected chi connectivity index (χ1v) is 6.13. The van der Waals surface area contributed by atoms with Gasteiger partial charge in [-0.25, -0.2) is 4.98 Å². The Labute approximate surface area is 106 Å². The fourth-order valence-electron chi connectivity index (χ4n) is 2.09. The van der Waals surface area contributed by atoms with Crippen LogP contribution in [0.3, 0.4) is 0 Å². The van der Waals surface area contributed by atoms with Gasteiger partial charge in [0.15, 0.2) is 5.43 Å². The molecule has 1 atom stereocenters. The summed E-state index contributed by atoms with van der Waals surface area (Å²) in [5, 5.41) is 3.16. The summed E-state index contributed by atoms with van der Waals surface area (Å²) in [6.07, 6.45) is 8.11. The molecule has 0 aliphatic carbocycles. The Hall–Kier alpha value is -1.88. The lowest BCUT2D eigenvalue weighted by Gasteiger charge is -2.17. The predicted octanol–water partition coefficient (Wildman–Crippen LogP) is 1.29. The molecule has 0 radical (unpaired) electrons. The number of aromatic amines is 1. The van der Waals surface area contributed by atoms with Crippen molar-refractivity contribution in [2.24, 2.45) is 0 Å². The summed E-state index contributed by atoms with van der Waals surface area (Å²) in [4.78, 5) is 19.2. The van der Waals surface area contributed by atoms with Crippen molar-refractivity contribution in [1.82, 2.24) is 19.9 Å². The van der Waals surface area contributed by atoms with E-state index in [4.69, 9.17) is 0 Å². The van der Waals surface area contributed by atoms with Gasteiger partial charge in [-0.1, -0.05) is 6.92 Å². The molecule has 0 amide bonds. The smallest absolute Gasteiger partial charge is 0.186 e. The average molecular weight is 246 g/mol. The molecular formula is C13H18N4O. The molecule has 0 aromatic carbocycles. The van der Waals surface area contributed by atoms with Crippen molar-refractivity contribution < 1.29 is 0 Å². The molecule has 0 bridgehead atoms. The van der Waals surface area contributed by atoms with Gasteiger partial charge in [0.1, 0.15) is 5.82 Å². The SMILES string of the molecule is CCCn1ccnc1C(NC)c1c[nH]ccc1=O. The Morgan fingerprint density at radius 3 is 3.06 bits per heavy atom. The molecule has 2 heterocycles. The molecule has 2 rings (SSSR count). The van der Waals surface area contributed by atoms with Crippen LogP contribution in [0.25, 0.3) is 0 Å². The molecule has 0 aliphatic heterocycles. The number of nitrogens with zero attached hydrogens (tertiary/aromatic N) is 2. The number of rotatable bonds is 5. The van der Waals surface area contributed by atoms with E-state index in [1.54, 1.807) is 18.6 Å². The maximum Gasteiger partial charge on any atom is 0.186 e. The summed E-state index contributed by atoms with van der Waals surface area (Å²) in [6, 6.07) is 1.35. The summed E-state index contributed by atoms with van der Waals surface area (Å²) in [6.45, 7) is 3.02. The number of imidazole rings is 1. The minimum atomic E-state index is -0.184. The molecule has 18 heavy (non-hydrogen) atoms. The summed E-state index contributed by atoms with van der Waals surface area (Å²) in [5.74, 6) is 0.871. The molecule has 5 nitrogen and oxygen atoms in total. The highest BCUT2D eigenvalue weighted by Crippen LogP contribution is 2.17. The number of aromatic nitrogens is 3. The highest BCUT2D eigenvalue weighted by molar-refractivity contribution is 5.22. The van der Waals surface area contributed by atoms with Gasteiger partial charge < -0.3 is 14.9 Å². The van der Waals surface area contributed by atoms with E-state index in [1.807, 2.05) is 13.2 Å². The zero-order valence-electron chi connectivity index (χ0n) is 10.7. The first-order chi connectivity index (χ1) is 8.77. The van der Waals surface area contributed by atoms with E-state index in [9.17, 15) is 4.79 Å². The molecule has 2 aromatic rings. The Bertz CT molecular complexity index is 558. The third-order valence-corrected chi connectivity index (χ3v) is 2.92. The fraction of sp³-hybridized carbons (Fsp3) is 0.385. The Balaban J connectivity index is 2.43. The fourth-order valence-corrected chi connectivity index (χ4v) is 2.09. The zero-order chi connectivity index (χ0) is 13.0. The predicted molar refractivity (Wildman–Crippen MR) is 70.5 cm³/mol. The van der Waals surface area contributed by atoms with E-state index < -0.39 is 0 Å². The van der Waals surface area contributed by atoms with Crippen LogP contribution in [-0.4, -0.2) is 21.6 Å². The minimum Gasteiger partial charge on any atom is -0.367 e. The van der Waals surface area contributed by atoms with Gasteiger partial charge in [-0.3, -0.25) is 4.79 Å². The van der Waals surface area contributed by atoms with E-state index >= 15 is 0 Å². The van der Waals surface area contributed by atoms with Crippen LogP contribution >= 0.6 is 0 Å². The molecule has 0 aliphatic rings. The monoisotopic (exact) mass is 246 g/mol. The van der Waals surface area contributed by atoms with Gasteiger partial charge >= 0.3 is 0 Å². The molecule has 5 heteroatoms. The van der Waals surface area contributed by atoms with E-state index in [0.29, 0.717) is 5.56 Å². The topological polar surface area (TPSA) is 62.7 Å². The Morgan fingerprint density at radius 2 is 2.39 bits per heavy atom. The molecule has 0 fully saturated rings. The first-order valence-electron chi connectivity index (χ1n) is 6.13. The van der Waals surface area contributed by atoms with E-state index in [1.165, 1.54) is 6.07 Å². The van der Waals surface area contributed by atoms with Crippen LogP contribution < -0.4 is 10.7 Å². The van der Waals surface area contributed by atoms with Crippen molar-refractivity contribution in [3.8, 4) is 0 Å². The Kier molecular flexibility index (Phi) is 3.94. The van der Waals surface area contributed by atoms with Gasteiger partial charge in [0.25, 0.3) is 0 Å². The quantitative estimate of drug-likeness (QED) is 0.835. The summed E-state index contributed by atoms with van der Waals surface area (Å²) >= 11 is 0. The lowest BCUT2D eigenvalue weighted by Crippen LogP contribution is -2.27. The van der Waals surface area contributed by atoms with Gasteiger partial charge in [-0.05, 0) is 13.5 Å². The third kappa shape index (κ3) is 2.36. The molecule has 0 saturated carbocycles. The lowest BCUT2D eigenvalue weighted by molar-refractivity contribution is 0.565. The van der Waals surface area contributed by atoms with Gasteiger partial charge in [0, 0.05) is 43.0 Å². The van der Waals surface area contributed by atoms with Crippen molar-refractivity contribution >= 4 is 0 Å². The van der Waals surface area contributed by atoms with Crippen molar-refractivity contribution in [3.63, 3.8) is 0 Å². The van der Waals surface area contributed by atoms with Crippen LogP contribution in [0.4, 0.5) is 0 Å². The second-order valence-corrected chi connectivity index (χ2v) is 4.16. The molecule has 2 N–H and O–H groups in total. The number of H-pyrrole nitrogens is 1. The van der Waals surface area contributed by atoms with Crippen molar-refractivity contribution in [2.75, 3.05) is 7.05 Å². The number of pyridine rings is 1. The molecule has 0 saturated heterocycles.